The van der Waals surface area contributed by atoms with Crippen LogP contribution in [0.5, 0.6) is 0 Å². The molecule has 0 aromatic carbocycles. The summed E-state index contributed by atoms with van der Waals surface area (Å²) < 4.78 is 0. The van der Waals surface area contributed by atoms with Gasteiger partial charge < -0.3 is 4.90 Å². The summed E-state index contributed by atoms with van der Waals surface area (Å²) in [6.07, 6.45) is 3.88. The van der Waals surface area contributed by atoms with Crippen molar-refractivity contribution in [3.8, 4) is 0 Å². The number of Topliss-reactive ketones (excluding diaryl/α,β-unsaturated/α-hetero) is 2. The first kappa shape index (κ1) is 10.8. The summed E-state index contributed by atoms with van der Waals surface area (Å²) in [5.74, 6) is -0.427. The summed E-state index contributed by atoms with van der Waals surface area (Å²) in [7, 11) is 0. The van der Waals surface area contributed by atoms with Crippen LogP contribution in [0.2, 0.25) is 0 Å². The van der Waals surface area contributed by atoms with E-state index >= 15 is 0 Å². The molecule has 1 aromatic rings. The second-order valence-corrected chi connectivity index (χ2v) is 4.03. The van der Waals surface area contributed by atoms with Crippen LogP contribution in [0.1, 0.15) is 13.3 Å². The smallest absolute Gasteiger partial charge is 0.146 e. The van der Waals surface area contributed by atoms with Gasteiger partial charge in [-0.25, -0.2) is 0 Å². The van der Waals surface area contributed by atoms with E-state index in [0.29, 0.717) is 19.5 Å². The molecule has 0 radical (unpaired) electrons. The molecule has 0 aliphatic carbocycles. The standard InChI is InChI=1S/C12H14N2O2/c1-9(15)11-8-14(7-4-12(11)16)10-2-5-13-6-3-10/h2-3,5-6,11H,4,7-8H2,1H3. The fourth-order valence-electron chi connectivity index (χ4n) is 1.98. The Balaban J connectivity index is 2.15. The van der Waals surface area contributed by atoms with Crippen molar-refractivity contribution in [1.29, 1.82) is 0 Å². The van der Waals surface area contributed by atoms with Gasteiger partial charge in [-0.2, -0.15) is 0 Å². The Morgan fingerprint density at radius 1 is 1.44 bits per heavy atom. The van der Waals surface area contributed by atoms with Gasteiger partial charge >= 0.3 is 0 Å². The Morgan fingerprint density at radius 3 is 2.75 bits per heavy atom. The van der Waals surface area contributed by atoms with Crippen molar-refractivity contribution in [2.45, 2.75) is 13.3 Å². The quantitative estimate of drug-likeness (QED) is 0.697. The van der Waals surface area contributed by atoms with Gasteiger partial charge in [-0.05, 0) is 19.1 Å². The Hall–Kier alpha value is -1.71. The molecule has 2 rings (SSSR count). The van der Waals surface area contributed by atoms with Crippen molar-refractivity contribution in [2.75, 3.05) is 18.0 Å². The Kier molecular flexibility index (Phi) is 2.99. The predicted octanol–water partition coefficient (Wildman–Crippen LogP) is 1.07. The highest BCUT2D eigenvalue weighted by Gasteiger charge is 2.30. The van der Waals surface area contributed by atoms with E-state index in [2.05, 4.69) is 9.88 Å². The highest BCUT2D eigenvalue weighted by molar-refractivity contribution is 6.02. The summed E-state index contributed by atoms with van der Waals surface area (Å²) in [6, 6.07) is 3.79. The van der Waals surface area contributed by atoms with Gasteiger partial charge in [0.1, 0.15) is 11.6 Å². The first-order chi connectivity index (χ1) is 7.68. The molecule has 0 N–H and O–H groups in total. The van der Waals surface area contributed by atoms with E-state index in [4.69, 9.17) is 0 Å². The van der Waals surface area contributed by atoms with Crippen molar-refractivity contribution >= 4 is 17.3 Å². The van der Waals surface area contributed by atoms with E-state index in [-0.39, 0.29) is 11.6 Å². The van der Waals surface area contributed by atoms with Gasteiger partial charge in [0, 0.05) is 37.6 Å². The monoisotopic (exact) mass is 218 g/mol. The summed E-state index contributed by atoms with van der Waals surface area (Å²) in [5.41, 5.74) is 1.02. The number of hydrogen-bond acceptors (Lipinski definition) is 4. The number of piperidine rings is 1. The average molecular weight is 218 g/mol. The Morgan fingerprint density at radius 2 is 2.12 bits per heavy atom. The van der Waals surface area contributed by atoms with Crippen LogP contribution in [-0.2, 0) is 9.59 Å². The number of ketones is 2. The number of anilines is 1. The number of hydrogen-bond donors (Lipinski definition) is 0. The zero-order valence-electron chi connectivity index (χ0n) is 9.22. The molecule has 0 saturated carbocycles. The number of carbonyl (C=O) groups excluding carboxylic acids is 2. The third kappa shape index (κ3) is 2.10. The van der Waals surface area contributed by atoms with Crippen molar-refractivity contribution in [1.82, 2.24) is 4.98 Å². The molecule has 1 fully saturated rings. The normalized spacial score (nSPS) is 20.9. The molecule has 2 heterocycles. The van der Waals surface area contributed by atoms with Crippen molar-refractivity contribution < 1.29 is 9.59 Å². The molecule has 84 valence electrons. The van der Waals surface area contributed by atoms with Gasteiger partial charge in [0.25, 0.3) is 0 Å². The molecule has 1 aromatic heterocycles. The van der Waals surface area contributed by atoms with Crippen LogP contribution < -0.4 is 4.90 Å². The van der Waals surface area contributed by atoms with Crippen LogP contribution in [0, 0.1) is 5.92 Å². The SMILES string of the molecule is CC(=O)C1CN(c2ccncc2)CCC1=O. The predicted molar refractivity (Wildman–Crippen MR) is 60.2 cm³/mol. The third-order valence-electron chi connectivity index (χ3n) is 2.94. The molecule has 4 nitrogen and oxygen atoms in total. The molecule has 0 spiro atoms. The molecule has 1 saturated heterocycles. The number of rotatable bonds is 2. The Labute approximate surface area is 94.3 Å². The van der Waals surface area contributed by atoms with E-state index < -0.39 is 5.92 Å². The highest BCUT2D eigenvalue weighted by atomic mass is 16.1. The van der Waals surface area contributed by atoms with Crippen molar-refractivity contribution in [2.24, 2.45) is 5.92 Å². The third-order valence-corrected chi connectivity index (χ3v) is 2.94. The minimum Gasteiger partial charge on any atom is -0.370 e. The molecular weight excluding hydrogens is 204 g/mol. The summed E-state index contributed by atoms with van der Waals surface area (Å²) >= 11 is 0. The molecule has 16 heavy (non-hydrogen) atoms. The van der Waals surface area contributed by atoms with Gasteiger partial charge in [0.05, 0.1) is 5.92 Å². The maximum absolute atomic E-state index is 11.6. The fourth-order valence-corrected chi connectivity index (χ4v) is 1.98. The molecule has 1 aliphatic rings. The van der Waals surface area contributed by atoms with Gasteiger partial charge in [0.2, 0.25) is 0 Å². The fraction of sp³-hybridized carbons (Fsp3) is 0.417. The van der Waals surface area contributed by atoms with E-state index in [9.17, 15) is 9.59 Å². The van der Waals surface area contributed by atoms with E-state index in [1.54, 1.807) is 12.4 Å². The molecule has 1 aliphatic heterocycles. The first-order valence-electron chi connectivity index (χ1n) is 5.36. The lowest BCUT2D eigenvalue weighted by molar-refractivity contribution is -0.131. The number of aromatic nitrogens is 1. The highest BCUT2D eigenvalue weighted by Crippen LogP contribution is 2.20. The average Bonchev–Trinajstić information content (AvgIpc) is 2.30. The maximum Gasteiger partial charge on any atom is 0.146 e. The van der Waals surface area contributed by atoms with Gasteiger partial charge in [-0.15, -0.1) is 0 Å². The van der Waals surface area contributed by atoms with Crippen LogP contribution in [0.15, 0.2) is 24.5 Å². The number of pyridine rings is 1. The maximum atomic E-state index is 11.6. The van der Waals surface area contributed by atoms with Gasteiger partial charge in [-0.1, -0.05) is 0 Å². The van der Waals surface area contributed by atoms with Gasteiger partial charge in [0.15, 0.2) is 0 Å². The minimum atomic E-state index is -0.457. The molecular formula is C12H14N2O2. The first-order valence-corrected chi connectivity index (χ1v) is 5.36. The largest absolute Gasteiger partial charge is 0.370 e. The van der Waals surface area contributed by atoms with Crippen LogP contribution in [-0.4, -0.2) is 29.6 Å². The van der Waals surface area contributed by atoms with Crippen LogP contribution in [0.3, 0.4) is 0 Å². The van der Waals surface area contributed by atoms with Gasteiger partial charge in [-0.3, -0.25) is 14.6 Å². The van der Waals surface area contributed by atoms with E-state index in [1.165, 1.54) is 6.92 Å². The number of carbonyl (C=O) groups is 2. The van der Waals surface area contributed by atoms with Crippen LogP contribution in [0.25, 0.3) is 0 Å². The number of nitrogens with zero attached hydrogens (tertiary/aromatic N) is 2. The molecule has 0 bridgehead atoms. The molecule has 4 heteroatoms. The van der Waals surface area contributed by atoms with Crippen LogP contribution >= 0.6 is 0 Å². The Bertz CT molecular complexity index is 403. The van der Waals surface area contributed by atoms with Crippen molar-refractivity contribution in [3.63, 3.8) is 0 Å². The second kappa shape index (κ2) is 4.43. The summed E-state index contributed by atoms with van der Waals surface area (Å²) in [6.45, 7) is 2.67. The summed E-state index contributed by atoms with van der Waals surface area (Å²) in [5, 5.41) is 0. The van der Waals surface area contributed by atoms with E-state index in [0.717, 1.165) is 5.69 Å². The minimum absolute atomic E-state index is 0.0382. The topological polar surface area (TPSA) is 50.3 Å². The van der Waals surface area contributed by atoms with Crippen LogP contribution in [0.4, 0.5) is 5.69 Å². The van der Waals surface area contributed by atoms with E-state index in [1.807, 2.05) is 12.1 Å². The molecule has 1 atom stereocenters. The lowest BCUT2D eigenvalue weighted by Crippen LogP contribution is -2.43. The summed E-state index contributed by atoms with van der Waals surface area (Å²) in [4.78, 5) is 28.9. The lowest BCUT2D eigenvalue weighted by Gasteiger charge is -2.32. The zero-order chi connectivity index (χ0) is 11.5. The van der Waals surface area contributed by atoms with Crippen molar-refractivity contribution in [3.05, 3.63) is 24.5 Å². The lowest BCUT2D eigenvalue weighted by atomic mass is 9.93. The molecule has 0 amide bonds. The second-order valence-electron chi connectivity index (χ2n) is 4.03. The zero-order valence-corrected chi connectivity index (χ0v) is 9.22. The molecule has 1 unspecified atom stereocenters.